The Morgan fingerprint density at radius 3 is 2.26 bits per heavy atom. The van der Waals surface area contributed by atoms with Crippen molar-refractivity contribution in [3.05, 3.63) is 53.6 Å². The van der Waals surface area contributed by atoms with Gasteiger partial charge >= 0.3 is 0 Å². The zero-order chi connectivity index (χ0) is 19.2. The molecule has 146 valence electrons. The minimum atomic E-state index is -0.940. The number of hydrogen-bond acceptors (Lipinski definition) is 1. The maximum atomic E-state index is 14.4. The summed E-state index contributed by atoms with van der Waals surface area (Å²) in [4.78, 5) is 0. The van der Waals surface area contributed by atoms with E-state index in [4.69, 9.17) is 4.74 Å². The van der Waals surface area contributed by atoms with Gasteiger partial charge in [0.25, 0.3) is 0 Å². The molecule has 0 heterocycles. The maximum absolute atomic E-state index is 14.4. The highest BCUT2D eigenvalue weighted by Gasteiger charge is 2.22. The van der Waals surface area contributed by atoms with Gasteiger partial charge in [-0.25, -0.2) is 4.39 Å². The molecular formula is C23H27F3O. The van der Waals surface area contributed by atoms with Gasteiger partial charge in [-0.15, -0.1) is 0 Å². The molecule has 1 fully saturated rings. The lowest BCUT2D eigenvalue weighted by molar-refractivity contribution is 0.293. The lowest BCUT2D eigenvalue weighted by Crippen LogP contribution is -2.13. The summed E-state index contributed by atoms with van der Waals surface area (Å²) in [5, 5.41) is 0. The molecule has 0 unspecified atom stereocenters. The highest BCUT2D eigenvalue weighted by Crippen LogP contribution is 2.38. The molecule has 2 aromatic rings. The minimum absolute atomic E-state index is 0.0557. The van der Waals surface area contributed by atoms with Crippen LogP contribution >= 0.6 is 0 Å². The van der Waals surface area contributed by atoms with Crippen molar-refractivity contribution in [3.8, 4) is 16.9 Å². The molecule has 4 heteroatoms. The van der Waals surface area contributed by atoms with Crippen LogP contribution < -0.4 is 4.74 Å². The van der Waals surface area contributed by atoms with Crippen LogP contribution in [0.4, 0.5) is 13.2 Å². The lowest BCUT2D eigenvalue weighted by atomic mass is 9.77. The number of hydrogen-bond donors (Lipinski definition) is 0. The first-order valence-electron chi connectivity index (χ1n) is 9.91. The fourth-order valence-corrected chi connectivity index (χ4v) is 4.11. The monoisotopic (exact) mass is 376 g/mol. The first-order valence-corrected chi connectivity index (χ1v) is 9.91. The van der Waals surface area contributed by atoms with Crippen molar-refractivity contribution in [2.45, 2.75) is 51.4 Å². The molecule has 1 nitrogen and oxygen atoms in total. The third-order valence-electron chi connectivity index (χ3n) is 5.63. The summed E-state index contributed by atoms with van der Waals surface area (Å²) in [5.74, 6) is -0.716. The first-order chi connectivity index (χ1) is 13.1. The molecule has 2 aromatic carbocycles. The van der Waals surface area contributed by atoms with Crippen molar-refractivity contribution in [2.24, 2.45) is 5.92 Å². The van der Waals surface area contributed by atoms with Crippen molar-refractivity contribution >= 4 is 0 Å². The van der Waals surface area contributed by atoms with Gasteiger partial charge in [0.05, 0.1) is 13.3 Å². The fourth-order valence-electron chi connectivity index (χ4n) is 4.11. The summed E-state index contributed by atoms with van der Waals surface area (Å²) < 4.78 is 45.9. The van der Waals surface area contributed by atoms with Gasteiger partial charge in [-0.2, -0.15) is 4.39 Å². The molecule has 0 aliphatic heterocycles. The number of halogens is 3. The van der Waals surface area contributed by atoms with Crippen LogP contribution in [0.5, 0.6) is 5.75 Å². The van der Waals surface area contributed by atoms with Crippen LogP contribution in [0.3, 0.4) is 0 Å². The molecule has 0 aromatic heterocycles. The van der Waals surface area contributed by atoms with E-state index in [0.717, 1.165) is 32.1 Å². The van der Waals surface area contributed by atoms with Gasteiger partial charge in [0.2, 0.25) is 5.82 Å². The van der Waals surface area contributed by atoms with Gasteiger partial charge in [0.15, 0.2) is 11.6 Å². The second-order valence-electron chi connectivity index (χ2n) is 7.34. The van der Waals surface area contributed by atoms with Crippen LogP contribution in [0.2, 0.25) is 0 Å². The Labute approximate surface area is 159 Å². The van der Waals surface area contributed by atoms with E-state index in [1.54, 1.807) is 13.0 Å². The van der Waals surface area contributed by atoms with E-state index in [1.165, 1.54) is 11.6 Å². The van der Waals surface area contributed by atoms with Crippen LogP contribution in [0, 0.1) is 17.6 Å². The van der Waals surface area contributed by atoms with E-state index < -0.39 is 11.6 Å². The van der Waals surface area contributed by atoms with Gasteiger partial charge in [-0.05, 0) is 80.5 Å². The quantitative estimate of drug-likeness (QED) is 0.503. The van der Waals surface area contributed by atoms with E-state index in [2.05, 4.69) is 0 Å². The van der Waals surface area contributed by atoms with E-state index in [1.807, 2.05) is 24.3 Å². The third kappa shape index (κ3) is 4.66. The van der Waals surface area contributed by atoms with Crippen molar-refractivity contribution in [1.82, 2.24) is 0 Å². The molecule has 0 radical (unpaired) electrons. The Hall–Kier alpha value is -1.97. The molecule has 0 N–H and O–H groups in total. The Morgan fingerprint density at radius 1 is 0.926 bits per heavy atom. The highest BCUT2D eigenvalue weighted by molar-refractivity contribution is 5.65. The number of ether oxygens (including phenoxy) is 1. The summed E-state index contributed by atoms with van der Waals surface area (Å²) in [7, 11) is 0. The zero-order valence-electron chi connectivity index (χ0n) is 15.8. The summed E-state index contributed by atoms with van der Waals surface area (Å²) in [6, 6.07) is 10.8. The topological polar surface area (TPSA) is 9.23 Å². The Morgan fingerprint density at radius 2 is 1.63 bits per heavy atom. The van der Waals surface area contributed by atoms with E-state index in [-0.39, 0.29) is 18.0 Å². The average Bonchev–Trinajstić information content (AvgIpc) is 2.71. The molecule has 0 atom stereocenters. The predicted molar refractivity (Wildman–Crippen MR) is 103 cm³/mol. The minimum Gasteiger partial charge on any atom is -0.491 e. The molecule has 0 bridgehead atoms. The number of benzene rings is 2. The molecule has 27 heavy (non-hydrogen) atoms. The van der Waals surface area contributed by atoms with Gasteiger partial charge in [0.1, 0.15) is 0 Å². The van der Waals surface area contributed by atoms with Gasteiger partial charge in [-0.3, -0.25) is 4.39 Å². The molecule has 1 aliphatic rings. The Kier molecular flexibility index (Phi) is 6.81. The summed E-state index contributed by atoms with van der Waals surface area (Å²) in [5.41, 5.74) is 2.15. The molecule has 1 aliphatic carbocycles. The number of rotatable bonds is 7. The normalized spacial score (nSPS) is 19.9. The van der Waals surface area contributed by atoms with Crippen LogP contribution in [0.15, 0.2) is 36.4 Å². The first kappa shape index (κ1) is 19.8. The van der Waals surface area contributed by atoms with Crippen molar-refractivity contribution in [1.29, 1.82) is 0 Å². The molecular weight excluding hydrogens is 349 g/mol. The van der Waals surface area contributed by atoms with E-state index in [9.17, 15) is 13.2 Å². The lowest BCUT2D eigenvalue weighted by Gasteiger charge is -2.28. The van der Waals surface area contributed by atoms with Crippen LogP contribution in [0.1, 0.15) is 56.9 Å². The highest BCUT2D eigenvalue weighted by atomic mass is 19.2. The van der Waals surface area contributed by atoms with Crippen LogP contribution in [-0.4, -0.2) is 13.3 Å². The second-order valence-corrected chi connectivity index (χ2v) is 7.34. The molecule has 3 rings (SSSR count). The Bertz CT molecular complexity index is 734. The molecule has 0 saturated heterocycles. The molecule has 0 amide bonds. The average molecular weight is 376 g/mol. The van der Waals surface area contributed by atoms with E-state index >= 15 is 0 Å². The van der Waals surface area contributed by atoms with Crippen LogP contribution in [0.25, 0.3) is 11.1 Å². The third-order valence-corrected chi connectivity index (χ3v) is 5.63. The zero-order valence-corrected chi connectivity index (χ0v) is 15.8. The van der Waals surface area contributed by atoms with Crippen molar-refractivity contribution in [2.75, 3.05) is 13.3 Å². The second kappa shape index (κ2) is 9.29. The smallest absolute Gasteiger partial charge is 0.201 e. The van der Waals surface area contributed by atoms with Gasteiger partial charge < -0.3 is 4.74 Å². The van der Waals surface area contributed by atoms with E-state index in [0.29, 0.717) is 30.4 Å². The Balaban J connectivity index is 1.69. The molecule has 1 saturated carbocycles. The SMILES string of the molecule is CCOc1ccc(-c2ccc(C3CCC(CCCF)CC3)cc2)c(F)c1F. The summed E-state index contributed by atoms with van der Waals surface area (Å²) in [6.45, 7) is 1.81. The standard InChI is InChI=1S/C23H27F3O/c1-2-27-21-14-13-20(22(25)23(21)26)19-11-9-18(10-12-19)17-7-5-16(6-8-17)4-3-15-24/h9-14,16-17H,2-8,15H2,1H3. The van der Waals surface area contributed by atoms with Gasteiger partial charge in [0, 0.05) is 5.56 Å². The maximum Gasteiger partial charge on any atom is 0.201 e. The van der Waals surface area contributed by atoms with Crippen molar-refractivity contribution < 1.29 is 17.9 Å². The fraction of sp³-hybridized carbons (Fsp3) is 0.478. The largest absolute Gasteiger partial charge is 0.491 e. The van der Waals surface area contributed by atoms with Gasteiger partial charge in [-0.1, -0.05) is 24.3 Å². The number of alkyl halides is 1. The van der Waals surface area contributed by atoms with Crippen LogP contribution in [-0.2, 0) is 0 Å². The summed E-state index contributed by atoms with van der Waals surface area (Å²) in [6.07, 6.45) is 6.18. The summed E-state index contributed by atoms with van der Waals surface area (Å²) >= 11 is 0. The van der Waals surface area contributed by atoms with Crippen molar-refractivity contribution in [3.63, 3.8) is 0 Å². The molecule has 0 spiro atoms. The predicted octanol–water partition coefficient (Wildman–Crippen LogP) is 7.05.